The smallest absolute Gasteiger partial charge is 0.120 e. The largest absolute Gasteiger partial charge is 0.464 e. The van der Waals surface area contributed by atoms with Crippen molar-refractivity contribution in [2.75, 3.05) is 7.11 Å². The van der Waals surface area contributed by atoms with Crippen molar-refractivity contribution in [3.05, 3.63) is 23.7 Å². The number of ether oxygens (including phenoxy) is 1. The maximum absolute atomic E-state index is 6.08. The van der Waals surface area contributed by atoms with Crippen molar-refractivity contribution >= 4 is 0 Å². The fourth-order valence-corrected chi connectivity index (χ4v) is 1.53. The van der Waals surface area contributed by atoms with Crippen LogP contribution in [0.3, 0.4) is 0 Å². The third-order valence-corrected chi connectivity index (χ3v) is 3.01. The molecule has 3 heteroatoms. The summed E-state index contributed by atoms with van der Waals surface area (Å²) in [7, 11) is 1.73. The Bertz CT molecular complexity index is 317. The minimum absolute atomic E-state index is 0.0327. The van der Waals surface area contributed by atoms with E-state index >= 15 is 0 Å². The van der Waals surface area contributed by atoms with E-state index in [0.29, 0.717) is 0 Å². The van der Waals surface area contributed by atoms with Gasteiger partial charge in [0.2, 0.25) is 0 Å². The summed E-state index contributed by atoms with van der Waals surface area (Å²) in [5.41, 5.74) is 5.96. The molecule has 0 amide bonds. The van der Waals surface area contributed by atoms with Gasteiger partial charge in [-0.15, -0.1) is 0 Å². The number of furan rings is 1. The van der Waals surface area contributed by atoms with E-state index in [1.54, 1.807) is 7.11 Å². The van der Waals surface area contributed by atoms with E-state index in [1.807, 2.05) is 12.1 Å². The zero-order chi connectivity index (χ0) is 12.2. The fraction of sp³-hybridized carbons (Fsp3) is 0.692. The van der Waals surface area contributed by atoms with Gasteiger partial charge < -0.3 is 14.9 Å². The summed E-state index contributed by atoms with van der Waals surface area (Å²) in [6.45, 7) is 6.21. The Labute approximate surface area is 98.0 Å². The third-order valence-electron chi connectivity index (χ3n) is 3.01. The second-order valence-corrected chi connectivity index (χ2v) is 4.77. The molecule has 1 aromatic heterocycles. The molecule has 0 fully saturated rings. The molecule has 1 atom stereocenters. The van der Waals surface area contributed by atoms with Crippen molar-refractivity contribution in [3.8, 4) is 0 Å². The molecule has 0 aliphatic heterocycles. The van der Waals surface area contributed by atoms with Crippen molar-refractivity contribution in [1.82, 2.24) is 0 Å². The second kappa shape index (κ2) is 5.51. The van der Waals surface area contributed by atoms with Crippen molar-refractivity contribution in [2.24, 2.45) is 5.73 Å². The number of rotatable bonds is 6. The molecule has 1 rings (SSSR count). The molecule has 1 aromatic rings. The first-order valence-electron chi connectivity index (χ1n) is 5.88. The number of methoxy groups -OCH3 is 1. The standard InChI is InChI=1S/C13H23NO2/c1-5-10-6-7-12(16-10)11(14)8-9-13(2,3)15-4/h6-7,11H,5,8-9,14H2,1-4H3. The lowest BCUT2D eigenvalue weighted by Crippen LogP contribution is -2.24. The SMILES string of the molecule is CCc1ccc(C(N)CCC(C)(C)OC)o1. The van der Waals surface area contributed by atoms with Gasteiger partial charge in [0.05, 0.1) is 11.6 Å². The quantitative estimate of drug-likeness (QED) is 0.809. The highest BCUT2D eigenvalue weighted by molar-refractivity contribution is 5.10. The molecule has 3 nitrogen and oxygen atoms in total. The molecule has 0 aromatic carbocycles. The maximum Gasteiger partial charge on any atom is 0.120 e. The van der Waals surface area contributed by atoms with Gasteiger partial charge in [-0.05, 0) is 38.8 Å². The molecule has 0 saturated carbocycles. The summed E-state index contributed by atoms with van der Waals surface area (Å²) >= 11 is 0. The summed E-state index contributed by atoms with van der Waals surface area (Å²) in [6, 6.07) is 3.94. The van der Waals surface area contributed by atoms with Gasteiger partial charge in [0.1, 0.15) is 11.5 Å². The van der Waals surface area contributed by atoms with Crippen molar-refractivity contribution in [3.63, 3.8) is 0 Å². The van der Waals surface area contributed by atoms with Crippen LogP contribution in [0.25, 0.3) is 0 Å². The van der Waals surface area contributed by atoms with Gasteiger partial charge in [0.15, 0.2) is 0 Å². The molecular formula is C13H23NO2. The maximum atomic E-state index is 6.08. The zero-order valence-corrected chi connectivity index (χ0v) is 10.7. The van der Waals surface area contributed by atoms with Crippen LogP contribution in [0.2, 0.25) is 0 Å². The number of hydrogen-bond acceptors (Lipinski definition) is 3. The lowest BCUT2D eigenvalue weighted by Gasteiger charge is -2.23. The number of nitrogens with two attached hydrogens (primary N) is 1. The van der Waals surface area contributed by atoms with Crippen molar-refractivity contribution in [1.29, 1.82) is 0 Å². The minimum atomic E-state index is -0.113. The monoisotopic (exact) mass is 225 g/mol. The summed E-state index contributed by atoms with van der Waals surface area (Å²) in [6.07, 6.45) is 2.71. The number of hydrogen-bond donors (Lipinski definition) is 1. The van der Waals surface area contributed by atoms with Gasteiger partial charge in [-0.2, -0.15) is 0 Å². The predicted octanol–water partition coefficient (Wildman–Crippen LogP) is 3.05. The molecule has 0 aliphatic rings. The van der Waals surface area contributed by atoms with E-state index in [4.69, 9.17) is 14.9 Å². The van der Waals surface area contributed by atoms with E-state index < -0.39 is 0 Å². The van der Waals surface area contributed by atoms with E-state index in [1.165, 1.54) is 0 Å². The molecule has 92 valence electrons. The lowest BCUT2D eigenvalue weighted by atomic mass is 9.98. The normalized spacial score (nSPS) is 14.1. The first-order valence-corrected chi connectivity index (χ1v) is 5.88. The summed E-state index contributed by atoms with van der Waals surface area (Å²) in [5, 5.41) is 0. The minimum Gasteiger partial charge on any atom is -0.464 e. The Morgan fingerprint density at radius 1 is 1.44 bits per heavy atom. The molecule has 0 radical (unpaired) electrons. The van der Waals surface area contributed by atoms with E-state index in [2.05, 4.69) is 20.8 Å². The third kappa shape index (κ3) is 3.65. The average Bonchev–Trinajstić information content (AvgIpc) is 2.74. The summed E-state index contributed by atoms with van der Waals surface area (Å²) in [5.74, 6) is 1.88. The van der Waals surface area contributed by atoms with Crippen molar-refractivity contribution < 1.29 is 9.15 Å². The van der Waals surface area contributed by atoms with Crippen molar-refractivity contribution in [2.45, 2.75) is 51.7 Å². The van der Waals surface area contributed by atoms with Crippen LogP contribution < -0.4 is 5.73 Å². The molecule has 1 heterocycles. The van der Waals surface area contributed by atoms with Gasteiger partial charge in [-0.1, -0.05) is 6.92 Å². The van der Waals surface area contributed by atoms with E-state index in [0.717, 1.165) is 30.8 Å². The topological polar surface area (TPSA) is 48.4 Å². The molecular weight excluding hydrogens is 202 g/mol. The van der Waals surface area contributed by atoms with Gasteiger partial charge in [0, 0.05) is 13.5 Å². The van der Waals surface area contributed by atoms with Crippen LogP contribution >= 0.6 is 0 Å². The Kier molecular flexibility index (Phi) is 4.56. The van der Waals surface area contributed by atoms with Gasteiger partial charge in [0.25, 0.3) is 0 Å². The first-order chi connectivity index (χ1) is 7.48. The number of aryl methyl sites for hydroxylation is 1. The second-order valence-electron chi connectivity index (χ2n) is 4.77. The molecule has 0 aliphatic carbocycles. The average molecular weight is 225 g/mol. The fourth-order valence-electron chi connectivity index (χ4n) is 1.53. The predicted molar refractivity (Wildman–Crippen MR) is 65.3 cm³/mol. The summed E-state index contributed by atoms with van der Waals surface area (Å²) < 4.78 is 11.0. The molecule has 2 N–H and O–H groups in total. The van der Waals surface area contributed by atoms with Crippen LogP contribution in [0.5, 0.6) is 0 Å². The van der Waals surface area contributed by atoms with Crippen LogP contribution in [-0.2, 0) is 11.2 Å². The van der Waals surface area contributed by atoms with Crippen LogP contribution in [0.4, 0.5) is 0 Å². The lowest BCUT2D eigenvalue weighted by molar-refractivity contribution is 0.0121. The van der Waals surface area contributed by atoms with E-state index in [9.17, 15) is 0 Å². The Morgan fingerprint density at radius 3 is 2.62 bits per heavy atom. The molecule has 0 spiro atoms. The Hall–Kier alpha value is -0.800. The van der Waals surface area contributed by atoms with E-state index in [-0.39, 0.29) is 11.6 Å². The Balaban J connectivity index is 2.49. The molecule has 0 saturated heterocycles. The van der Waals surface area contributed by atoms with Gasteiger partial charge >= 0.3 is 0 Å². The van der Waals surface area contributed by atoms with Crippen LogP contribution in [0.1, 0.15) is 51.2 Å². The highest BCUT2D eigenvalue weighted by Crippen LogP contribution is 2.24. The molecule has 0 bridgehead atoms. The van der Waals surface area contributed by atoms with Crippen LogP contribution in [-0.4, -0.2) is 12.7 Å². The highest BCUT2D eigenvalue weighted by Gasteiger charge is 2.19. The van der Waals surface area contributed by atoms with Crippen LogP contribution in [0, 0.1) is 0 Å². The highest BCUT2D eigenvalue weighted by atomic mass is 16.5. The first kappa shape index (κ1) is 13.3. The van der Waals surface area contributed by atoms with Gasteiger partial charge in [-0.3, -0.25) is 0 Å². The molecule has 1 unspecified atom stereocenters. The summed E-state index contributed by atoms with van der Waals surface area (Å²) in [4.78, 5) is 0. The van der Waals surface area contributed by atoms with Crippen LogP contribution in [0.15, 0.2) is 16.5 Å². The van der Waals surface area contributed by atoms with Gasteiger partial charge in [-0.25, -0.2) is 0 Å². The molecule has 16 heavy (non-hydrogen) atoms. The Morgan fingerprint density at radius 2 is 2.12 bits per heavy atom. The zero-order valence-electron chi connectivity index (χ0n) is 10.7.